The number of hydrogen-bond acceptors (Lipinski definition) is 4. The molecule has 1 aromatic rings. The highest BCUT2D eigenvalue weighted by atomic mass is 16.5. The average molecular weight is 333 g/mol. The summed E-state index contributed by atoms with van der Waals surface area (Å²) < 4.78 is 11.3. The van der Waals surface area contributed by atoms with Crippen LogP contribution in [0.2, 0.25) is 0 Å². The number of amides is 1. The molecule has 1 saturated carbocycles. The number of hydrogen-bond donors (Lipinski definition) is 2. The molecule has 3 unspecified atom stereocenters. The second-order valence-corrected chi connectivity index (χ2v) is 6.99. The van der Waals surface area contributed by atoms with E-state index in [1.165, 1.54) is 0 Å². The van der Waals surface area contributed by atoms with Crippen molar-refractivity contribution in [3.8, 4) is 5.75 Å². The van der Waals surface area contributed by atoms with Crippen molar-refractivity contribution < 1.29 is 24.2 Å². The first-order valence-electron chi connectivity index (χ1n) is 8.23. The van der Waals surface area contributed by atoms with Gasteiger partial charge >= 0.3 is 5.97 Å². The van der Waals surface area contributed by atoms with E-state index in [1.807, 2.05) is 45.0 Å². The second-order valence-electron chi connectivity index (χ2n) is 6.99. The smallest absolute Gasteiger partial charge is 0.330 e. The molecule has 1 fully saturated rings. The Kier molecular flexibility index (Phi) is 4.03. The van der Waals surface area contributed by atoms with Gasteiger partial charge in [-0.2, -0.15) is 0 Å². The molecule has 1 aliphatic carbocycles. The van der Waals surface area contributed by atoms with Gasteiger partial charge in [0.05, 0.1) is 6.10 Å². The number of para-hydroxylation sites is 1. The number of fused-ring (bicyclic) bond motifs is 1. The minimum atomic E-state index is -1.33. The van der Waals surface area contributed by atoms with E-state index in [0.29, 0.717) is 18.8 Å². The Morgan fingerprint density at radius 1 is 1.38 bits per heavy atom. The number of carbonyl (C=O) groups is 2. The Hall–Kier alpha value is -2.08. The fourth-order valence-electron chi connectivity index (χ4n) is 3.66. The Bertz CT molecular complexity index is 646. The third-order valence-corrected chi connectivity index (χ3v) is 5.41. The van der Waals surface area contributed by atoms with Crippen LogP contribution in [0, 0.1) is 5.41 Å². The summed E-state index contributed by atoms with van der Waals surface area (Å²) in [6, 6.07) is 7.46. The van der Waals surface area contributed by atoms with Crippen molar-refractivity contribution in [2.75, 3.05) is 6.61 Å². The first-order valence-corrected chi connectivity index (χ1v) is 8.23. The Morgan fingerprint density at radius 2 is 2.08 bits per heavy atom. The second kappa shape index (κ2) is 5.77. The molecular formula is C18H23NO5. The lowest BCUT2D eigenvalue weighted by molar-refractivity contribution is -0.195. The van der Waals surface area contributed by atoms with Gasteiger partial charge in [-0.05, 0) is 18.6 Å². The van der Waals surface area contributed by atoms with Gasteiger partial charge in [0.1, 0.15) is 11.3 Å². The van der Waals surface area contributed by atoms with Crippen LogP contribution in [0.4, 0.5) is 0 Å². The van der Waals surface area contributed by atoms with Crippen molar-refractivity contribution in [2.45, 2.75) is 51.4 Å². The van der Waals surface area contributed by atoms with Crippen molar-refractivity contribution in [3.63, 3.8) is 0 Å². The van der Waals surface area contributed by atoms with Crippen molar-refractivity contribution in [1.29, 1.82) is 0 Å². The molecule has 6 heteroatoms. The van der Waals surface area contributed by atoms with E-state index < -0.39 is 28.9 Å². The highest BCUT2D eigenvalue weighted by Crippen LogP contribution is 2.51. The third kappa shape index (κ3) is 2.36. The minimum absolute atomic E-state index is 0.194. The molecule has 0 spiro atoms. The topological polar surface area (TPSA) is 84.9 Å². The molecule has 0 aromatic heterocycles. The Labute approximate surface area is 141 Å². The monoisotopic (exact) mass is 333 g/mol. The van der Waals surface area contributed by atoms with Gasteiger partial charge < -0.3 is 19.9 Å². The Morgan fingerprint density at radius 3 is 2.67 bits per heavy atom. The molecule has 0 saturated heterocycles. The van der Waals surface area contributed by atoms with E-state index in [4.69, 9.17) is 9.47 Å². The van der Waals surface area contributed by atoms with Gasteiger partial charge in [-0.1, -0.05) is 32.0 Å². The summed E-state index contributed by atoms with van der Waals surface area (Å²) in [6.45, 7) is 6.02. The van der Waals surface area contributed by atoms with Crippen LogP contribution in [0.5, 0.6) is 5.75 Å². The van der Waals surface area contributed by atoms with Crippen molar-refractivity contribution in [1.82, 2.24) is 5.32 Å². The van der Waals surface area contributed by atoms with Gasteiger partial charge in [0.2, 0.25) is 0 Å². The zero-order valence-corrected chi connectivity index (χ0v) is 14.2. The van der Waals surface area contributed by atoms with Gasteiger partial charge in [-0.3, -0.25) is 4.79 Å². The van der Waals surface area contributed by atoms with Crippen molar-refractivity contribution in [2.24, 2.45) is 5.41 Å². The molecule has 3 rings (SSSR count). The van der Waals surface area contributed by atoms with E-state index in [-0.39, 0.29) is 12.5 Å². The zero-order valence-electron chi connectivity index (χ0n) is 14.2. The summed E-state index contributed by atoms with van der Waals surface area (Å²) >= 11 is 0. The van der Waals surface area contributed by atoms with Crippen molar-refractivity contribution >= 4 is 11.9 Å². The van der Waals surface area contributed by atoms with Crippen LogP contribution in [0.1, 0.15) is 32.8 Å². The van der Waals surface area contributed by atoms with E-state index in [9.17, 15) is 14.7 Å². The highest BCUT2D eigenvalue weighted by Gasteiger charge is 2.66. The molecule has 1 heterocycles. The lowest BCUT2D eigenvalue weighted by Gasteiger charge is -2.58. The van der Waals surface area contributed by atoms with Gasteiger partial charge in [-0.25, -0.2) is 4.79 Å². The van der Waals surface area contributed by atoms with Gasteiger partial charge in [0, 0.05) is 24.9 Å². The van der Waals surface area contributed by atoms with E-state index in [2.05, 4.69) is 5.32 Å². The normalized spacial score (nSPS) is 30.0. The van der Waals surface area contributed by atoms with Crippen LogP contribution in [0.25, 0.3) is 0 Å². The van der Waals surface area contributed by atoms with E-state index in [1.54, 1.807) is 0 Å². The summed E-state index contributed by atoms with van der Waals surface area (Å²) in [5.41, 5.74) is -1.07. The van der Waals surface area contributed by atoms with Gasteiger partial charge in [0.15, 0.2) is 6.10 Å². The molecule has 0 bridgehead atoms. The maximum absolute atomic E-state index is 12.6. The summed E-state index contributed by atoms with van der Waals surface area (Å²) in [5, 5.41) is 12.5. The number of nitrogens with one attached hydrogen (secondary N) is 1. The maximum atomic E-state index is 12.6. The molecule has 0 radical (unpaired) electrons. The number of benzene rings is 1. The molecular weight excluding hydrogens is 310 g/mol. The number of ether oxygens (including phenoxy) is 2. The summed E-state index contributed by atoms with van der Waals surface area (Å²) in [5.74, 6) is -0.744. The maximum Gasteiger partial charge on any atom is 0.330 e. The number of carbonyl (C=O) groups excluding carboxylic acids is 1. The molecule has 130 valence electrons. The molecule has 6 nitrogen and oxygen atoms in total. The van der Waals surface area contributed by atoms with Crippen LogP contribution in [0.3, 0.4) is 0 Å². The first-order chi connectivity index (χ1) is 11.3. The summed E-state index contributed by atoms with van der Waals surface area (Å²) in [6.07, 6.45) is -0.178. The molecule has 1 amide bonds. The largest absolute Gasteiger partial charge is 0.480 e. The lowest BCUT2D eigenvalue weighted by atomic mass is 9.54. The molecule has 2 aliphatic rings. The molecule has 3 atom stereocenters. The number of aliphatic carboxylic acids is 1. The Balaban J connectivity index is 1.74. The molecule has 1 aliphatic heterocycles. The quantitative estimate of drug-likeness (QED) is 0.858. The highest BCUT2D eigenvalue weighted by molar-refractivity contribution is 5.91. The number of rotatable bonds is 5. The number of carboxylic acid groups (broad SMARTS) is 1. The number of carboxylic acids is 1. The molecule has 2 N–H and O–H groups in total. The fourth-order valence-corrected chi connectivity index (χ4v) is 3.66. The summed E-state index contributed by atoms with van der Waals surface area (Å²) in [4.78, 5) is 24.6. The van der Waals surface area contributed by atoms with Crippen LogP contribution in [-0.2, 0) is 20.7 Å². The lowest BCUT2D eigenvalue weighted by Crippen LogP contribution is -2.76. The first kappa shape index (κ1) is 16.8. The SMILES string of the molecule is CCOC1CC(NC(=O)C2Cc3ccccc3O2)(C(=O)O)C1(C)C. The summed E-state index contributed by atoms with van der Waals surface area (Å²) in [7, 11) is 0. The predicted molar refractivity (Wildman–Crippen MR) is 86.9 cm³/mol. The van der Waals surface area contributed by atoms with Gasteiger partial charge in [-0.15, -0.1) is 0 Å². The van der Waals surface area contributed by atoms with Gasteiger partial charge in [0.25, 0.3) is 5.91 Å². The zero-order chi connectivity index (χ0) is 17.5. The van der Waals surface area contributed by atoms with E-state index >= 15 is 0 Å². The van der Waals surface area contributed by atoms with Crippen LogP contribution in [-0.4, -0.2) is 41.3 Å². The molecule has 24 heavy (non-hydrogen) atoms. The van der Waals surface area contributed by atoms with Crippen LogP contribution in [0.15, 0.2) is 24.3 Å². The molecule has 1 aromatic carbocycles. The third-order valence-electron chi connectivity index (χ3n) is 5.41. The van der Waals surface area contributed by atoms with E-state index in [0.717, 1.165) is 5.56 Å². The predicted octanol–water partition coefficient (Wildman–Crippen LogP) is 1.76. The average Bonchev–Trinajstić information content (AvgIpc) is 2.97. The minimum Gasteiger partial charge on any atom is -0.480 e. The standard InChI is InChI=1S/C18H23NO5/c1-4-23-14-10-18(16(21)22,17(14,2)3)19-15(20)13-9-11-7-5-6-8-12(11)24-13/h5-8,13-14H,4,9-10H2,1-3H3,(H,19,20)(H,21,22). The van der Waals surface area contributed by atoms with Crippen molar-refractivity contribution in [3.05, 3.63) is 29.8 Å². The van der Waals surface area contributed by atoms with Crippen LogP contribution >= 0.6 is 0 Å². The van der Waals surface area contributed by atoms with Crippen LogP contribution < -0.4 is 10.1 Å². The fraction of sp³-hybridized carbons (Fsp3) is 0.556.